The van der Waals surface area contributed by atoms with Crippen LogP contribution in [0.3, 0.4) is 0 Å². The molecule has 0 aromatic carbocycles. The number of carbonyl (C=O) groups is 1. The molecular weight excluding hydrogens is 286 g/mol. The summed E-state index contributed by atoms with van der Waals surface area (Å²) in [5, 5.41) is 2.82. The number of hydrogen-bond donors (Lipinski definition) is 1. The van der Waals surface area contributed by atoms with Crippen molar-refractivity contribution in [3.8, 4) is 0 Å². The van der Waals surface area contributed by atoms with Crippen LogP contribution in [-0.2, 0) is 4.79 Å². The number of rotatable bonds is 1. The molecule has 6 heteroatoms. The van der Waals surface area contributed by atoms with Crippen LogP contribution in [0, 0.1) is 0 Å². The molecule has 1 saturated heterocycles. The first-order valence-electron chi connectivity index (χ1n) is 5.42. The van der Waals surface area contributed by atoms with Crippen LogP contribution in [0.2, 0.25) is 0 Å². The van der Waals surface area contributed by atoms with Gasteiger partial charge in [-0.05, 0) is 34.5 Å². The first-order chi connectivity index (χ1) is 8.22. The number of nitrogens with one attached hydrogen (secondary N) is 1. The van der Waals surface area contributed by atoms with Gasteiger partial charge in [0.2, 0.25) is 11.8 Å². The van der Waals surface area contributed by atoms with E-state index in [1.54, 1.807) is 0 Å². The topological polar surface area (TPSA) is 68.0 Å². The largest absolute Gasteiger partial charge is 0.439 e. The Morgan fingerprint density at radius 3 is 3.06 bits per heavy atom. The number of halogens is 1. The Labute approximate surface area is 106 Å². The van der Waals surface area contributed by atoms with E-state index < -0.39 is 0 Å². The van der Waals surface area contributed by atoms with Gasteiger partial charge in [-0.25, -0.2) is 4.98 Å². The summed E-state index contributed by atoms with van der Waals surface area (Å²) in [5.74, 6) is 0.907. The van der Waals surface area contributed by atoms with Crippen LogP contribution in [0.25, 0.3) is 11.2 Å². The number of carbonyl (C=O) groups excluding carboxylic acids is 1. The van der Waals surface area contributed by atoms with Gasteiger partial charge in [0.1, 0.15) is 4.60 Å². The summed E-state index contributed by atoms with van der Waals surface area (Å²) in [5.41, 5.74) is 1.28. The van der Waals surface area contributed by atoms with E-state index in [1.807, 2.05) is 12.1 Å². The third-order valence-corrected chi connectivity index (χ3v) is 3.29. The van der Waals surface area contributed by atoms with Gasteiger partial charge < -0.3 is 9.73 Å². The minimum Gasteiger partial charge on any atom is -0.439 e. The second-order valence-corrected chi connectivity index (χ2v) is 4.86. The summed E-state index contributed by atoms with van der Waals surface area (Å²) in [7, 11) is 0. The van der Waals surface area contributed by atoms with Crippen LogP contribution in [0.15, 0.2) is 21.2 Å². The minimum absolute atomic E-state index is 0.0956. The number of nitrogens with zero attached hydrogens (tertiary/aromatic N) is 2. The Hall–Kier alpha value is -1.43. The van der Waals surface area contributed by atoms with Gasteiger partial charge in [0.05, 0.1) is 5.92 Å². The van der Waals surface area contributed by atoms with Crippen molar-refractivity contribution in [2.75, 3.05) is 6.54 Å². The zero-order chi connectivity index (χ0) is 11.8. The van der Waals surface area contributed by atoms with E-state index in [0.717, 1.165) is 11.0 Å². The van der Waals surface area contributed by atoms with Gasteiger partial charge in [-0.2, -0.15) is 4.98 Å². The lowest BCUT2D eigenvalue weighted by atomic mass is 9.99. The lowest BCUT2D eigenvalue weighted by Crippen LogP contribution is -2.33. The predicted molar refractivity (Wildman–Crippen MR) is 64.5 cm³/mol. The van der Waals surface area contributed by atoms with Gasteiger partial charge in [0.15, 0.2) is 11.2 Å². The van der Waals surface area contributed by atoms with Gasteiger partial charge in [0.25, 0.3) is 0 Å². The number of aromatic nitrogens is 2. The van der Waals surface area contributed by atoms with Crippen LogP contribution in [0.1, 0.15) is 24.7 Å². The van der Waals surface area contributed by atoms with Gasteiger partial charge in [0, 0.05) is 13.0 Å². The van der Waals surface area contributed by atoms with Crippen molar-refractivity contribution in [1.82, 2.24) is 15.3 Å². The molecule has 0 spiro atoms. The van der Waals surface area contributed by atoms with Crippen molar-refractivity contribution in [1.29, 1.82) is 0 Å². The van der Waals surface area contributed by atoms with E-state index in [9.17, 15) is 4.79 Å². The Morgan fingerprint density at radius 2 is 2.29 bits per heavy atom. The van der Waals surface area contributed by atoms with E-state index in [2.05, 4.69) is 31.2 Å². The highest BCUT2D eigenvalue weighted by atomic mass is 79.9. The van der Waals surface area contributed by atoms with Crippen LogP contribution >= 0.6 is 15.9 Å². The Bertz CT molecular complexity index is 571. The molecule has 88 valence electrons. The summed E-state index contributed by atoms with van der Waals surface area (Å²) >= 11 is 3.30. The van der Waals surface area contributed by atoms with Gasteiger partial charge in [-0.15, -0.1) is 0 Å². The molecule has 1 fully saturated rings. The molecular formula is C11H10BrN3O2. The fraction of sp³-hybridized carbons (Fsp3) is 0.364. The van der Waals surface area contributed by atoms with Crippen molar-refractivity contribution in [3.63, 3.8) is 0 Å². The summed E-state index contributed by atoms with van der Waals surface area (Å²) in [4.78, 5) is 19.7. The molecule has 0 aliphatic carbocycles. The number of piperidine rings is 1. The molecule has 2 aromatic rings. The molecule has 1 unspecified atom stereocenters. The Balaban J connectivity index is 1.92. The summed E-state index contributed by atoms with van der Waals surface area (Å²) in [6.45, 7) is 0.590. The third kappa shape index (κ3) is 2.04. The van der Waals surface area contributed by atoms with Crippen molar-refractivity contribution in [2.45, 2.75) is 18.8 Å². The predicted octanol–water partition coefficient (Wildman–Crippen LogP) is 1.98. The highest BCUT2D eigenvalue weighted by Gasteiger charge is 2.24. The van der Waals surface area contributed by atoms with Gasteiger partial charge >= 0.3 is 0 Å². The molecule has 17 heavy (non-hydrogen) atoms. The van der Waals surface area contributed by atoms with Crippen LogP contribution in [0.5, 0.6) is 0 Å². The summed E-state index contributed by atoms with van der Waals surface area (Å²) in [6, 6.07) is 3.66. The molecule has 1 N–H and O–H groups in total. The second-order valence-electron chi connectivity index (χ2n) is 4.05. The molecule has 1 aliphatic heterocycles. The quantitative estimate of drug-likeness (QED) is 0.817. The van der Waals surface area contributed by atoms with E-state index in [-0.39, 0.29) is 11.8 Å². The van der Waals surface area contributed by atoms with Crippen LogP contribution in [0.4, 0.5) is 0 Å². The summed E-state index contributed by atoms with van der Waals surface area (Å²) in [6.07, 6.45) is 1.31. The molecule has 0 saturated carbocycles. The second kappa shape index (κ2) is 4.10. The lowest BCUT2D eigenvalue weighted by Gasteiger charge is -2.18. The first-order valence-corrected chi connectivity index (χ1v) is 6.21. The molecule has 0 radical (unpaired) electrons. The molecule has 3 rings (SSSR count). The SMILES string of the molecule is O=C1CCC(c2nc3nc(Br)ccc3o2)CN1. The van der Waals surface area contributed by atoms with Gasteiger partial charge in [-0.1, -0.05) is 0 Å². The molecule has 1 amide bonds. The van der Waals surface area contributed by atoms with E-state index >= 15 is 0 Å². The Kier molecular flexibility index (Phi) is 2.58. The van der Waals surface area contributed by atoms with Crippen molar-refractivity contribution in [3.05, 3.63) is 22.6 Å². The number of amides is 1. The highest BCUT2D eigenvalue weighted by Crippen LogP contribution is 2.26. The fourth-order valence-electron chi connectivity index (χ4n) is 1.93. The number of oxazole rings is 1. The van der Waals surface area contributed by atoms with Crippen LogP contribution < -0.4 is 5.32 Å². The maximum absolute atomic E-state index is 11.1. The van der Waals surface area contributed by atoms with E-state index in [0.29, 0.717) is 30.1 Å². The molecule has 0 bridgehead atoms. The van der Waals surface area contributed by atoms with Gasteiger partial charge in [-0.3, -0.25) is 4.79 Å². The summed E-state index contributed by atoms with van der Waals surface area (Å²) < 4.78 is 6.39. The fourth-order valence-corrected chi connectivity index (χ4v) is 2.23. The monoisotopic (exact) mass is 295 g/mol. The van der Waals surface area contributed by atoms with E-state index in [1.165, 1.54) is 0 Å². The normalized spacial score (nSPS) is 20.5. The smallest absolute Gasteiger partial charge is 0.220 e. The molecule has 1 atom stereocenters. The maximum Gasteiger partial charge on any atom is 0.220 e. The minimum atomic E-state index is 0.0956. The Morgan fingerprint density at radius 1 is 1.41 bits per heavy atom. The average molecular weight is 296 g/mol. The zero-order valence-electron chi connectivity index (χ0n) is 8.94. The third-order valence-electron chi connectivity index (χ3n) is 2.85. The molecule has 5 nitrogen and oxygen atoms in total. The number of hydrogen-bond acceptors (Lipinski definition) is 4. The van der Waals surface area contributed by atoms with Crippen molar-refractivity contribution < 1.29 is 9.21 Å². The molecule has 2 aromatic heterocycles. The zero-order valence-corrected chi connectivity index (χ0v) is 10.5. The van der Waals surface area contributed by atoms with E-state index in [4.69, 9.17) is 4.42 Å². The average Bonchev–Trinajstić information content (AvgIpc) is 2.72. The van der Waals surface area contributed by atoms with Crippen molar-refractivity contribution >= 4 is 33.1 Å². The standard InChI is InChI=1S/C11H10BrN3O2/c12-8-3-2-7-10(14-8)15-11(17-7)6-1-4-9(16)13-5-6/h2-3,6H,1,4-5H2,(H,13,16). The highest BCUT2D eigenvalue weighted by molar-refractivity contribution is 9.10. The van der Waals surface area contributed by atoms with Crippen LogP contribution in [-0.4, -0.2) is 22.4 Å². The number of pyridine rings is 1. The maximum atomic E-state index is 11.1. The first kappa shape index (κ1) is 10.7. The number of fused-ring (bicyclic) bond motifs is 1. The molecule has 3 heterocycles. The van der Waals surface area contributed by atoms with Crippen molar-refractivity contribution in [2.24, 2.45) is 0 Å². The molecule has 1 aliphatic rings. The lowest BCUT2D eigenvalue weighted by molar-refractivity contribution is -0.122.